The maximum Gasteiger partial charge on any atom is 0.161 e. The number of hydrogen-bond donors (Lipinski definition) is 1. The molecule has 0 rings (SSSR count). The van der Waals surface area contributed by atoms with Gasteiger partial charge < -0.3 is 5.11 Å². The molecule has 15 heavy (non-hydrogen) atoms. The molecule has 0 radical (unpaired) electrons. The fraction of sp³-hybridized carbons (Fsp3) is 0.923. The number of aliphatic hydroxyl groups is 1. The third-order valence-electron chi connectivity index (χ3n) is 2.61. The summed E-state index contributed by atoms with van der Waals surface area (Å²) in [5, 5.41) is 9.40. The SMILES string of the molecule is [2H]C([2H])(C)[C@H](O)C(=O)CCCCCCCCC. The van der Waals surface area contributed by atoms with Crippen LogP contribution in [0.1, 0.15) is 74.3 Å². The summed E-state index contributed by atoms with van der Waals surface area (Å²) < 4.78 is 14.5. The van der Waals surface area contributed by atoms with Gasteiger partial charge in [-0.2, -0.15) is 0 Å². The summed E-state index contributed by atoms with van der Waals surface area (Å²) in [5.41, 5.74) is 0. The van der Waals surface area contributed by atoms with Gasteiger partial charge in [-0.25, -0.2) is 0 Å². The van der Waals surface area contributed by atoms with E-state index in [4.69, 9.17) is 2.74 Å². The van der Waals surface area contributed by atoms with Crippen LogP contribution < -0.4 is 0 Å². The monoisotopic (exact) mass is 216 g/mol. The van der Waals surface area contributed by atoms with Crippen molar-refractivity contribution in [3.63, 3.8) is 0 Å². The van der Waals surface area contributed by atoms with Crippen LogP contribution in [0.25, 0.3) is 0 Å². The highest BCUT2D eigenvalue weighted by Gasteiger charge is 2.10. The Balaban J connectivity index is 3.52. The summed E-state index contributed by atoms with van der Waals surface area (Å²) in [5.74, 6) is -0.369. The third-order valence-corrected chi connectivity index (χ3v) is 2.61. The van der Waals surface area contributed by atoms with E-state index in [1.165, 1.54) is 32.6 Å². The second-order valence-electron chi connectivity index (χ2n) is 4.03. The molecule has 0 spiro atoms. The van der Waals surface area contributed by atoms with Crippen LogP contribution in [-0.2, 0) is 4.79 Å². The molecule has 1 N–H and O–H groups in total. The van der Waals surface area contributed by atoms with Gasteiger partial charge in [0.25, 0.3) is 0 Å². The molecule has 0 aromatic rings. The summed E-state index contributed by atoms with van der Waals surface area (Å²) in [6, 6.07) is 0. The molecule has 0 fully saturated rings. The van der Waals surface area contributed by atoms with Crippen molar-refractivity contribution < 1.29 is 12.6 Å². The van der Waals surface area contributed by atoms with Crippen LogP contribution in [0.2, 0.25) is 0 Å². The molecule has 90 valence electrons. The molecule has 2 nitrogen and oxygen atoms in total. The standard InChI is InChI=1S/C13H26O2/c1-3-5-6-7-8-9-10-11-13(15)12(14)4-2/h12,14H,3-11H2,1-2H3/t12-/m0/s1/i4D2. The van der Waals surface area contributed by atoms with Crippen molar-refractivity contribution >= 4 is 5.78 Å². The number of rotatable bonds is 10. The van der Waals surface area contributed by atoms with Gasteiger partial charge in [0.15, 0.2) is 5.78 Å². The van der Waals surface area contributed by atoms with Crippen LogP contribution in [0.15, 0.2) is 0 Å². The Kier molecular flexibility index (Phi) is 7.53. The normalized spacial score (nSPS) is 15.7. The molecule has 0 unspecified atom stereocenters. The number of hydrogen-bond acceptors (Lipinski definition) is 2. The molecule has 1 atom stereocenters. The second-order valence-corrected chi connectivity index (χ2v) is 4.03. The first kappa shape index (κ1) is 11.1. The van der Waals surface area contributed by atoms with Gasteiger partial charge in [0.1, 0.15) is 6.10 Å². The minimum absolute atomic E-state index is 0.294. The van der Waals surface area contributed by atoms with Gasteiger partial charge >= 0.3 is 0 Å². The van der Waals surface area contributed by atoms with Crippen molar-refractivity contribution in [2.24, 2.45) is 0 Å². The lowest BCUT2D eigenvalue weighted by molar-refractivity contribution is -0.127. The van der Waals surface area contributed by atoms with Crippen molar-refractivity contribution in [1.29, 1.82) is 0 Å². The molecule has 0 saturated heterocycles. The molecule has 0 amide bonds. The number of carbonyl (C=O) groups excluding carboxylic acids is 1. The molecular formula is C13H26O2. The molecular weight excluding hydrogens is 188 g/mol. The topological polar surface area (TPSA) is 37.3 Å². The summed E-state index contributed by atoms with van der Waals surface area (Å²) in [6.07, 6.45) is 4.85. The molecule has 0 aliphatic carbocycles. The van der Waals surface area contributed by atoms with Crippen LogP contribution in [-0.4, -0.2) is 17.0 Å². The number of carbonyl (C=O) groups is 1. The molecule has 0 aromatic heterocycles. The van der Waals surface area contributed by atoms with E-state index in [2.05, 4.69) is 6.92 Å². The van der Waals surface area contributed by atoms with Crippen LogP contribution in [0.3, 0.4) is 0 Å². The summed E-state index contributed by atoms with van der Waals surface area (Å²) in [4.78, 5) is 11.4. The first-order valence-corrected chi connectivity index (χ1v) is 6.10. The fourth-order valence-corrected chi connectivity index (χ4v) is 1.55. The van der Waals surface area contributed by atoms with Gasteiger partial charge in [-0.3, -0.25) is 4.79 Å². The molecule has 0 aliphatic heterocycles. The van der Waals surface area contributed by atoms with E-state index in [-0.39, 0.29) is 5.78 Å². The predicted octanol–water partition coefficient (Wildman–Crippen LogP) is 3.47. The van der Waals surface area contributed by atoms with E-state index in [9.17, 15) is 9.90 Å². The summed E-state index contributed by atoms with van der Waals surface area (Å²) in [6.45, 7) is 3.42. The first-order valence-electron chi connectivity index (χ1n) is 7.10. The van der Waals surface area contributed by atoms with Crippen LogP contribution in [0.5, 0.6) is 0 Å². The zero-order chi connectivity index (χ0) is 13.3. The number of unbranched alkanes of at least 4 members (excludes halogenated alkanes) is 6. The van der Waals surface area contributed by atoms with E-state index >= 15 is 0 Å². The van der Waals surface area contributed by atoms with Gasteiger partial charge in [-0.1, -0.05) is 52.4 Å². The Hall–Kier alpha value is -0.370. The lowest BCUT2D eigenvalue weighted by atomic mass is 10.0. The second kappa shape index (κ2) is 10.2. The largest absolute Gasteiger partial charge is 0.385 e. The van der Waals surface area contributed by atoms with Crippen molar-refractivity contribution in [3.8, 4) is 0 Å². The van der Waals surface area contributed by atoms with Gasteiger partial charge in [-0.05, 0) is 12.8 Å². The lowest BCUT2D eigenvalue weighted by Crippen LogP contribution is -2.18. The molecule has 0 bridgehead atoms. The summed E-state index contributed by atoms with van der Waals surface area (Å²) >= 11 is 0. The summed E-state index contributed by atoms with van der Waals surface area (Å²) in [7, 11) is 0. The molecule has 0 aliphatic rings. The van der Waals surface area contributed by atoms with Crippen LogP contribution in [0, 0.1) is 0 Å². The maximum absolute atomic E-state index is 11.4. The Bertz CT molecular complexity index is 212. The number of ketones is 1. The van der Waals surface area contributed by atoms with E-state index in [1.54, 1.807) is 0 Å². The van der Waals surface area contributed by atoms with E-state index < -0.39 is 12.5 Å². The van der Waals surface area contributed by atoms with Crippen molar-refractivity contribution in [3.05, 3.63) is 0 Å². The molecule has 0 aromatic carbocycles. The van der Waals surface area contributed by atoms with Gasteiger partial charge in [-0.15, -0.1) is 0 Å². The van der Waals surface area contributed by atoms with E-state index in [0.29, 0.717) is 6.42 Å². The average molecular weight is 216 g/mol. The van der Waals surface area contributed by atoms with Crippen molar-refractivity contribution in [1.82, 2.24) is 0 Å². The fourth-order valence-electron chi connectivity index (χ4n) is 1.55. The Morgan fingerprint density at radius 3 is 2.20 bits per heavy atom. The van der Waals surface area contributed by atoms with Gasteiger partial charge in [0, 0.05) is 9.16 Å². The van der Waals surface area contributed by atoms with Crippen LogP contribution in [0.4, 0.5) is 0 Å². The molecule has 2 heteroatoms. The number of aliphatic hydroxyl groups excluding tert-OH is 1. The highest BCUT2D eigenvalue weighted by molar-refractivity contribution is 5.82. The smallest absolute Gasteiger partial charge is 0.161 e. The van der Waals surface area contributed by atoms with Crippen molar-refractivity contribution in [2.45, 2.75) is 77.7 Å². The van der Waals surface area contributed by atoms with E-state index in [1.807, 2.05) is 0 Å². The van der Waals surface area contributed by atoms with Crippen LogP contribution >= 0.6 is 0 Å². The highest BCUT2D eigenvalue weighted by atomic mass is 16.3. The number of Topliss-reactive ketones (excluding diaryl/α,β-unsaturated/α-hetero) is 1. The minimum Gasteiger partial charge on any atom is -0.385 e. The predicted molar refractivity (Wildman–Crippen MR) is 63.9 cm³/mol. The Morgan fingerprint density at radius 1 is 1.13 bits per heavy atom. The zero-order valence-corrected chi connectivity index (χ0v) is 10.1. The van der Waals surface area contributed by atoms with Gasteiger partial charge in [0.2, 0.25) is 0 Å². The minimum atomic E-state index is -1.82. The zero-order valence-electron chi connectivity index (χ0n) is 12.1. The quantitative estimate of drug-likeness (QED) is 0.568. The van der Waals surface area contributed by atoms with E-state index in [0.717, 1.165) is 19.3 Å². The van der Waals surface area contributed by atoms with Crippen molar-refractivity contribution in [2.75, 3.05) is 0 Å². The average Bonchev–Trinajstić information content (AvgIpc) is 2.25. The first-order chi connectivity index (χ1) is 7.89. The maximum atomic E-state index is 11.4. The van der Waals surface area contributed by atoms with Gasteiger partial charge in [0.05, 0.1) is 0 Å². The third kappa shape index (κ3) is 8.61. The highest BCUT2D eigenvalue weighted by Crippen LogP contribution is 2.09. The Morgan fingerprint density at radius 2 is 1.67 bits per heavy atom. The molecule has 0 heterocycles. The lowest BCUT2D eigenvalue weighted by Gasteiger charge is -2.05. The Labute approximate surface area is 96.9 Å². The molecule has 0 saturated carbocycles.